The molecular weight excluding hydrogens is 214 g/mol. The maximum Gasteiger partial charge on any atom is 0.138 e. The second-order valence-corrected chi connectivity index (χ2v) is 4.93. The zero-order valence-electron chi connectivity index (χ0n) is 10.5. The third kappa shape index (κ3) is 3.29. The lowest BCUT2D eigenvalue weighted by Crippen LogP contribution is -2.13. The maximum absolute atomic E-state index is 11.2. The summed E-state index contributed by atoms with van der Waals surface area (Å²) in [4.78, 5) is 15.4. The van der Waals surface area contributed by atoms with Gasteiger partial charge < -0.3 is 4.74 Å². The molecule has 1 aliphatic carbocycles. The van der Waals surface area contributed by atoms with E-state index in [0.717, 1.165) is 18.6 Å². The first-order valence-electron chi connectivity index (χ1n) is 6.28. The lowest BCUT2D eigenvalue weighted by molar-refractivity contribution is -0.120. The van der Waals surface area contributed by atoms with Gasteiger partial charge in [0.2, 0.25) is 0 Å². The lowest BCUT2D eigenvalue weighted by Gasteiger charge is -2.21. The van der Waals surface area contributed by atoms with Crippen molar-refractivity contribution in [2.24, 2.45) is 0 Å². The summed E-state index contributed by atoms with van der Waals surface area (Å²) in [6.07, 6.45) is 7.13. The molecule has 1 heterocycles. The minimum atomic E-state index is 0.167. The van der Waals surface area contributed by atoms with Crippen molar-refractivity contribution < 1.29 is 9.53 Å². The van der Waals surface area contributed by atoms with Gasteiger partial charge in [0.1, 0.15) is 11.5 Å². The average Bonchev–Trinajstić information content (AvgIpc) is 2.29. The van der Waals surface area contributed by atoms with E-state index in [1.807, 2.05) is 20.0 Å². The predicted octanol–water partition coefficient (Wildman–Crippen LogP) is 3.10. The summed E-state index contributed by atoms with van der Waals surface area (Å²) in [7, 11) is 0. The molecule has 1 fully saturated rings. The van der Waals surface area contributed by atoms with Crippen LogP contribution in [0.15, 0.2) is 18.5 Å². The van der Waals surface area contributed by atoms with Crippen LogP contribution in [0.25, 0.3) is 0 Å². The highest BCUT2D eigenvalue weighted by Gasteiger charge is 2.20. The van der Waals surface area contributed by atoms with E-state index in [1.54, 1.807) is 6.20 Å². The van der Waals surface area contributed by atoms with Gasteiger partial charge in [-0.25, -0.2) is 0 Å². The van der Waals surface area contributed by atoms with Gasteiger partial charge in [-0.2, -0.15) is 0 Å². The molecular formula is C14H19NO2. The largest absolute Gasteiger partial charge is 0.489 e. The van der Waals surface area contributed by atoms with Crippen LogP contribution in [0.2, 0.25) is 0 Å². The Morgan fingerprint density at radius 2 is 2.00 bits per heavy atom. The van der Waals surface area contributed by atoms with E-state index in [1.165, 1.54) is 5.56 Å². The molecule has 1 saturated carbocycles. The molecule has 2 rings (SSSR count). The van der Waals surface area contributed by atoms with Crippen LogP contribution in [0.1, 0.15) is 51.0 Å². The summed E-state index contributed by atoms with van der Waals surface area (Å²) in [5.41, 5.74) is 1.20. The Morgan fingerprint density at radius 1 is 1.29 bits per heavy atom. The second kappa shape index (κ2) is 5.30. The fourth-order valence-electron chi connectivity index (χ4n) is 2.27. The van der Waals surface area contributed by atoms with Crippen molar-refractivity contribution >= 4 is 5.78 Å². The Morgan fingerprint density at radius 3 is 2.65 bits per heavy atom. The topological polar surface area (TPSA) is 39.2 Å². The molecule has 0 saturated heterocycles. The fourth-order valence-corrected chi connectivity index (χ4v) is 2.27. The fraction of sp³-hybridized carbons (Fsp3) is 0.571. The van der Waals surface area contributed by atoms with E-state index in [-0.39, 0.29) is 6.10 Å². The first-order valence-corrected chi connectivity index (χ1v) is 6.28. The van der Waals surface area contributed by atoms with Gasteiger partial charge in [-0.05, 0) is 44.2 Å². The number of Topliss-reactive ketones (excluding diaryl/α,β-unsaturated/α-hetero) is 1. The Kier molecular flexibility index (Phi) is 3.77. The molecule has 1 aromatic heterocycles. The zero-order chi connectivity index (χ0) is 12.3. The smallest absolute Gasteiger partial charge is 0.138 e. The number of pyridine rings is 1. The summed E-state index contributed by atoms with van der Waals surface area (Å²) >= 11 is 0. The number of rotatable bonds is 3. The van der Waals surface area contributed by atoms with Gasteiger partial charge in [0.05, 0.1) is 12.3 Å². The predicted molar refractivity (Wildman–Crippen MR) is 66.2 cm³/mol. The van der Waals surface area contributed by atoms with Crippen LogP contribution < -0.4 is 4.74 Å². The Labute approximate surface area is 102 Å². The minimum Gasteiger partial charge on any atom is -0.489 e. The summed E-state index contributed by atoms with van der Waals surface area (Å²) in [6.45, 7) is 4.01. The highest BCUT2D eigenvalue weighted by Crippen LogP contribution is 2.32. The first-order chi connectivity index (χ1) is 8.15. The molecule has 3 nitrogen and oxygen atoms in total. The van der Waals surface area contributed by atoms with E-state index in [0.29, 0.717) is 24.5 Å². The van der Waals surface area contributed by atoms with Crippen LogP contribution in [0, 0.1) is 0 Å². The van der Waals surface area contributed by atoms with Crippen molar-refractivity contribution in [1.29, 1.82) is 0 Å². The number of ether oxygens (including phenoxy) is 1. The summed E-state index contributed by atoms with van der Waals surface area (Å²) in [5, 5.41) is 0. The van der Waals surface area contributed by atoms with Gasteiger partial charge in [0.25, 0.3) is 0 Å². The Hall–Kier alpha value is -1.38. The second-order valence-electron chi connectivity index (χ2n) is 4.93. The van der Waals surface area contributed by atoms with E-state index >= 15 is 0 Å². The molecule has 17 heavy (non-hydrogen) atoms. The molecule has 0 radical (unpaired) electrons. The van der Waals surface area contributed by atoms with E-state index < -0.39 is 0 Å². The van der Waals surface area contributed by atoms with Crippen LogP contribution in [0.3, 0.4) is 0 Å². The molecule has 1 aromatic rings. The van der Waals surface area contributed by atoms with E-state index in [9.17, 15) is 4.79 Å². The van der Waals surface area contributed by atoms with Gasteiger partial charge in [-0.1, -0.05) is 0 Å². The molecule has 0 unspecified atom stereocenters. The highest BCUT2D eigenvalue weighted by atomic mass is 16.5. The average molecular weight is 233 g/mol. The van der Waals surface area contributed by atoms with Gasteiger partial charge in [-0.3, -0.25) is 9.78 Å². The number of carbonyl (C=O) groups is 1. The molecule has 0 N–H and O–H groups in total. The number of hydrogen-bond acceptors (Lipinski definition) is 3. The molecule has 0 aromatic carbocycles. The SMILES string of the molecule is CC(C)Oc1cncc(C2CCC(=O)CC2)c1. The van der Waals surface area contributed by atoms with Crippen LogP contribution in [-0.4, -0.2) is 16.9 Å². The van der Waals surface area contributed by atoms with E-state index in [2.05, 4.69) is 11.1 Å². The summed E-state index contributed by atoms with van der Waals surface area (Å²) < 4.78 is 5.64. The van der Waals surface area contributed by atoms with Gasteiger partial charge in [0, 0.05) is 19.0 Å². The highest BCUT2D eigenvalue weighted by molar-refractivity contribution is 5.79. The van der Waals surface area contributed by atoms with Crippen LogP contribution in [0.5, 0.6) is 5.75 Å². The third-order valence-electron chi connectivity index (χ3n) is 3.12. The van der Waals surface area contributed by atoms with Crippen LogP contribution >= 0.6 is 0 Å². The molecule has 92 valence electrons. The molecule has 0 amide bonds. The standard InChI is InChI=1S/C14H19NO2/c1-10(2)17-14-7-12(8-15-9-14)11-3-5-13(16)6-4-11/h7-11H,3-6H2,1-2H3. The normalized spacial score (nSPS) is 17.5. The number of ketones is 1. The van der Waals surface area contributed by atoms with Crippen molar-refractivity contribution in [3.8, 4) is 5.75 Å². The van der Waals surface area contributed by atoms with Gasteiger partial charge >= 0.3 is 0 Å². The quantitative estimate of drug-likeness (QED) is 0.805. The Balaban J connectivity index is 2.07. The van der Waals surface area contributed by atoms with Crippen LogP contribution in [0.4, 0.5) is 0 Å². The number of carbonyl (C=O) groups excluding carboxylic acids is 1. The minimum absolute atomic E-state index is 0.167. The number of nitrogens with zero attached hydrogens (tertiary/aromatic N) is 1. The Bertz CT molecular complexity index is 391. The lowest BCUT2D eigenvalue weighted by atomic mass is 9.84. The van der Waals surface area contributed by atoms with Crippen molar-refractivity contribution in [2.75, 3.05) is 0 Å². The first kappa shape index (κ1) is 12.1. The van der Waals surface area contributed by atoms with E-state index in [4.69, 9.17) is 4.74 Å². The molecule has 0 atom stereocenters. The molecule has 3 heteroatoms. The van der Waals surface area contributed by atoms with Gasteiger partial charge in [0.15, 0.2) is 0 Å². The van der Waals surface area contributed by atoms with Crippen molar-refractivity contribution in [1.82, 2.24) is 4.98 Å². The molecule has 0 aliphatic heterocycles. The molecule has 0 bridgehead atoms. The zero-order valence-corrected chi connectivity index (χ0v) is 10.5. The maximum atomic E-state index is 11.2. The van der Waals surface area contributed by atoms with Crippen LogP contribution in [-0.2, 0) is 4.79 Å². The number of aromatic nitrogens is 1. The number of hydrogen-bond donors (Lipinski definition) is 0. The van der Waals surface area contributed by atoms with Crippen molar-refractivity contribution in [2.45, 2.75) is 51.6 Å². The summed E-state index contributed by atoms with van der Waals surface area (Å²) in [5.74, 6) is 1.69. The van der Waals surface area contributed by atoms with Crippen molar-refractivity contribution in [3.63, 3.8) is 0 Å². The monoisotopic (exact) mass is 233 g/mol. The molecule has 1 aliphatic rings. The molecule has 0 spiro atoms. The van der Waals surface area contributed by atoms with Crippen molar-refractivity contribution in [3.05, 3.63) is 24.0 Å². The van der Waals surface area contributed by atoms with Gasteiger partial charge in [-0.15, -0.1) is 0 Å². The third-order valence-corrected chi connectivity index (χ3v) is 3.12. The summed E-state index contributed by atoms with van der Waals surface area (Å²) in [6, 6.07) is 2.06.